The molecule has 4 rings (SSSR count). The minimum Gasteiger partial charge on any atom is -0.489 e. The zero-order valence-electron chi connectivity index (χ0n) is 23.8. The van der Waals surface area contributed by atoms with Crippen LogP contribution in [0.3, 0.4) is 0 Å². The molecule has 1 aliphatic heterocycles. The van der Waals surface area contributed by atoms with Crippen molar-refractivity contribution in [2.45, 2.75) is 83.6 Å². The molecule has 40 heavy (non-hydrogen) atoms. The Balaban J connectivity index is 1.63. The van der Waals surface area contributed by atoms with Gasteiger partial charge in [-0.05, 0) is 103 Å². The highest BCUT2D eigenvalue weighted by Gasteiger charge is 2.28. The standard InChI is InChI=1S/C28H40ClN7O3S/c1-16(2)39-25-13-21(19-8-10-31-11-9-19)18(5)12-23(25)35-28-33-14-22(29)27(36-28)34-24(15-32-20-6-7-20)26(30)40(37,38)17(3)4/h12-17,19-20,30-32H,6-11H2,1-5H3,(H2,33,34,35,36)/b24-15+,30-26?. The van der Waals surface area contributed by atoms with E-state index in [0.29, 0.717) is 11.7 Å². The number of hydrogen-bond donors (Lipinski definition) is 5. The van der Waals surface area contributed by atoms with E-state index in [2.05, 4.69) is 50.3 Å². The third-order valence-electron chi connectivity index (χ3n) is 6.94. The number of nitrogens with one attached hydrogen (secondary N) is 5. The molecule has 2 aromatic rings. The first-order valence-electron chi connectivity index (χ1n) is 13.8. The number of ether oxygens (including phenoxy) is 1. The van der Waals surface area contributed by atoms with Crippen molar-refractivity contribution in [1.29, 1.82) is 5.41 Å². The molecule has 0 atom stereocenters. The molecule has 1 saturated carbocycles. The van der Waals surface area contributed by atoms with Gasteiger partial charge >= 0.3 is 0 Å². The van der Waals surface area contributed by atoms with E-state index >= 15 is 0 Å². The van der Waals surface area contributed by atoms with Crippen LogP contribution in [-0.4, -0.2) is 53.9 Å². The van der Waals surface area contributed by atoms with Gasteiger partial charge in [0.25, 0.3) is 0 Å². The average molecular weight is 590 g/mol. The van der Waals surface area contributed by atoms with Crippen LogP contribution < -0.4 is 26.0 Å². The largest absolute Gasteiger partial charge is 0.489 e. The van der Waals surface area contributed by atoms with E-state index in [1.807, 2.05) is 13.8 Å². The van der Waals surface area contributed by atoms with E-state index in [-0.39, 0.29) is 34.6 Å². The summed E-state index contributed by atoms with van der Waals surface area (Å²) in [7, 11) is -3.84. The van der Waals surface area contributed by atoms with E-state index in [0.717, 1.165) is 50.0 Å². The molecule has 2 fully saturated rings. The minimum absolute atomic E-state index is 0.0342. The van der Waals surface area contributed by atoms with E-state index < -0.39 is 20.1 Å². The highest BCUT2D eigenvalue weighted by molar-refractivity contribution is 8.07. The van der Waals surface area contributed by atoms with Gasteiger partial charge in [0, 0.05) is 12.2 Å². The molecule has 1 saturated heterocycles. The molecule has 0 radical (unpaired) electrons. The lowest BCUT2D eigenvalue weighted by molar-refractivity contribution is 0.243. The predicted octanol–water partition coefficient (Wildman–Crippen LogP) is 5.24. The summed E-state index contributed by atoms with van der Waals surface area (Å²) in [5.41, 5.74) is 3.23. The van der Waals surface area contributed by atoms with Crippen LogP contribution in [0.2, 0.25) is 5.02 Å². The molecule has 10 nitrogen and oxygen atoms in total. The smallest absolute Gasteiger partial charge is 0.229 e. The first kappa shape index (κ1) is 30.1. The Morgan fingerprint density at radius 3 is 2.50 bits per heavy atom. The van der Waals surface area contributed by atoms with Gasteiger partial charge in [-0.1, -0.05) is 11.6 Å². The molecule has 0 bridgehead atoms. The molecular weight excluding hydrogens is 550 g/mol. The van der Waals surface area contributed by atoms with Crippen LogP contribution in [-0.2, 0) is 9.84 Å². The predicted molar refractivity (Wildman–Crippen MR) is 162 cm³/mol. The van der Waals surface area contributed by atoms with Gasteiger partial charge in [-0.15, -0.1) is 0 Å². The van der Waals surface area contributed by atoms with Gasteiger partial charge < -0.3 is 26.0 Å². The Bertz CT molecular complexity index is 1370. The third kappa shape index (κ3) is 7.44. The van der Waals surface area contributed by atoms with Crippen LogP contribution >= 0.6 is 11.6 Å². The van der Waals surface area contributed by atoms with Crippen LogP contribution in [0.15, 0.2) is 30.2 Å². The quantitative estimate of drug-likeness (QED) is 0.176. The van der Waals surface area contributed by atoms with Crippen molar-refractivity contribution in [2.24, 2.45) is 0 Å². The summed E-state index contributed by atoms with van der Waals surface area (Å²) in [6, 6.07) is 4.43. The van der Waals surface area contributed by atoms with Crippen LogP contribution in [0.25, 0.3) is 0 Å². The van der Waals surface area contributed by atoms with E-state index in [1.165, 1.54) is 18.0 Å². The molecule has 0 spiro atoms. The van der Waals surface area contributed by atoms with Gasteiger partial charge in [0.1, 0.15) is 10.8 Å². The second-order valence-corrected chi connectivity index (χ2v) is 13.8. The van der Waals surface area contributed by atoms with Crippen molar-refractivity contribution in [3.05, 3.63) is 46.4 Å². The Labute approximate surface area is 242 Å². The first-order valence-corrected chi connectivity index (χ1v) is 15.8. The number of sulfone groups is 1. The summed E-state index contributed by atoms with van der Waals surface area (Å²) in [5, 5.41) is 20.1. The molecule has 1 aromatic heterocycles. The van der Waals surface area contributed by atoms with Crippen molar-refractivity contribution < 1.29 is 13.2 Å². The lowest BCUT2D eigenvalue weighted by atomic mass is 9.87. The zero-order valence-corrected chi connectivity index (χ0v) is 25.3. The van der Waals surface area contributed by atoms with E-state index in [9.17, 15) is 8.42 Å². The Kier molecular flexibility index (Phi) is 9.58. The van der Waals surface area contributed by atoms with Crippen molar-refractivity contribution in [3.63, 3.8) is 0 Å². The molecule has 1 aliphatic carbocycles. The topological polar surface area (TPSA) is 141 Å². The van der Waals surface area contributed by atoms with Gasteiger partial charge in [0.05, 0.1) is 28.9 Å². The molecule has 2 heterocycles. The second kappa shape index (κ2) is 12.7. The normalized spacial score (nSPS) is 16.8. The Morgan fingerprint density at radius 1 is 1.18 bits per heavy atom. The molecular formula is C28H40ClN7O3S. The minimum atomic E-state index is -3.84. The van der Waals surface area contributed by atoms with Crippen LogP contribution in [0.4, 0.5) is 17.5 Å². The number of piperidine rings is 1. The average Bonchev–Trinajstić information content (AvgIpc) is 3.74. The Morgan fingerprint density at radius 2 is 1.88 bits per heavy atom. The Hall–Kier alpha value is -2.89. The van der Waals surface area contributed by atoms with Gasteiger partial charge in [0.15, 0.2) is 20.7 Å². The number of benzene rings is 1. The van der Waals surface area contributed by atoms with Crippen molar-refractivity contribution >= 4 is 43.9 Å². The van der Waals surface area contributed by atoms with E-state index in [4.69, 9.17) is 21.7 Å². The van der Waals surface area contributed by atoms with Gasteiger partial charge in [-0.2, -0.15) is 4.98 Å². The number of aryl methyl sites for hydroxylation is 1. The molecule has 218 valence electrons. The summed E-state index contributed by atoms with van der Waals surface area (Å²) in [6.45, 7) is 11.2. The van der Waals surface area contributed by atoms with Gasteiger partial charge in [-0.25, -0.2) is 13.4 Å². The monoisotopic (exact) mass is 589 g/mol. The SMILES string of the molecule is Cc1cc(Nc2ncc(Cl)c(N/C(=C/NC3CC3)C(=N)S(=O)(=O)C(C)C)n2)c(OC(C)C)cc1C1CCNCC1. The molecule has 12 heteroatoms. The maximum Gasteiger partial charge on any atom is 0.229 e. The first-order chi connectivity index (χ1) is 19.0. The highest BCUT2D eigenvalue weighted by atomic mass is 35.5. The second-order valence-electron chi connectivity index (χ2n) is 11.0. The van der Waals surface area contributed by atoms with Crippen molar-refractivity contribution in [1.82, 2.24) is 20.6 Å². The molecule has 0 unspecified atom stereocenters. The summed E-state index contributed by atoms with van der Waals surface area (Å²) in [4.78, 5) is 8.88. The molecule has 1 aromatic carbocycles. The summed E-state index contributed by atoms with van der Waals surface area (Å²) < 4.78 is 31.8. The molecule has 0 amide bonds. The summed E-state index contributed by atoms with van der Waals surface area (Å²) in [6.07, 6.45) is 7.06. The fourth-order valence-electron chi connectivity index (χ4n) is 4.49. The fourth-order valence-corrected chi connectivity index (χ4v) is 5.51. The lowest BCUT2D eigenvalue weighted by Gasteiger charge is -2.26. The number of nitrogens with zero attached hydrogens (tertiary/aromatic N) is 2. The fraction of sp³-hybridized carbons (Fsp3) is 0.536. The van der Waals surface area contributed by atoms with Gasteiger partial charge in [0.2, 0.25) is 5.95 Å². The zero-order chi connectivity index (χ0) is 29.0. The van der Waals surface area contributed by atoms with Crippen molar-refractivity contribution in [2.75, 3.05) is 23.7 Å². The number of rotatable bonds is 11. The summed E-state index contributed by atoms with van der Waals surface area (Å²) >= 11 is 6.42. The van der Waals surface area contributed by atoms with E-state index in [1.54, 1.807) is 13.8 Å². The number of halogens is 1. The van der Waals surface area contributed by atoms with Crippen LogP contribution in [0.1, 0.15) is 70.4 Å². The summed E-state index contributed by atoms with van der Waals surface area (Å²) in [5.74, 6) is 1.61. The maximum absolute atomic E-state index is 12.8. The highest BCUT2D eigenvalue weighted by Crippen LogP contribution is 2.37. The van der Waals surface area contributed by atoms with Crippen molar-refractivity contribution in [3.8, 4) is 5.75 Å². The molecule has 2 aliphatic rings. The number of aromatic nitrogens is 2. The van der Waals surface area contributed by atoms with Gasteiger partial charge in [-0.3, -0.25) is 5.41 Å². The molecule has 5 N–H and O–H groups in total. The van der Waals surface area contributed by atoms with Crippen LogP contribution in [0.5, 0.6) is 5.75 Å². The maximum atomic E-state index is 12.8. The van der Waals surface area contributed by atoms with Crippen LogP contribution in [0, 0.1) is 12.3 Å². The third-order valence-corrected chi connectivity index (χ3v) is 9.25. The number of hydrogen-bond acceptors (Lipinski definition) is 10. The lowest BCUT2D eigenvalue weighted by Crippen LogP contribution is -2.29. The number of anilines is 3.